The minimum absolute atomic E-state index is 0.110. The topological polar surface area (TPSA) is 85.8 Å². The third-order valence-electron chi connectivity index (χ3n) is 3.79. The number of amides is 1. The van der Waals surface area contributed by atoms with Crippen LogP contribution in [0.3, 0.4) is 0 Å². The minimum atomic E-state index is -0.110. The van der Waals surface area contributed by atoms with E-state index in [1.807, 2.05) is 24.3 Å². The molecule has 0 unspecified atom stereocenters. The Labute approximate surface area is 163 Å². The van der Waals surface area contributed by atoms with E-state index in [2.05, 4.69) is 20.4 Å². The van der Waals surface area contributed by atoms with Crippen molar-refractivity contribution in [1.82, 2.24) is 25.1 Å². The molecular weight excluding hydrogens is 386 g/mol. The number of halogens is 1. The van der Waals surface area contributed by atoms with Gasteiger partial charge < -0.3 is 9.73 Å². The molecule has 1 amide bonds. The number of fused-ring (bicyclic) bond motifs is 1. The fraction of sp³-hybridized carbons (Fsp3) is 0.111. The summed E-state index contributed by atoms with van der Waals surface area (Å²) in [7, 11) is 0. The standard InChI is InChI=1S/C18H14ClN5O2S/c19-14-5-1-2-6-15(14)24-17-13(9-23-24)18(22-11-21-17)27-10-16(25)20-8-12-4-3-7-26-12/h1-7,9,11H,8,10H2,(H,20,25). The number of nitrogens with one attached hydrogen (secondary N) is 1. The van der Waals surface area contributed by atoms with Crippen LogP contribution in [-0.2, 0) is 11.3 Å². The Balaban J connectivity index is 1.50. The van der Waals surface area contributed by atoms with Crippen LogP contribution in [0, 0.1) is 0 Å². The Morgan fingerprint density at radius 2 is 2.11 bits per heavy atom. The van der Waals surface area contributed by atoms with Crippen LogP contribution in [-0.4, -0.2) is 31.4 Å². The van der Waals surface area contributed by atoms with Gasteiger partial charge in [0.1, 0.15) is 17.1 Å². The molecule has 9 heteroatoms. The largest absolute Gasteiger partial charge is 0.467 e. The summed E-state index contributed by atoms with van der Waals surface area (Å²) in [6.45, 7) is 0.357. The van der Waals surface area contributed by atoms with Gasteiger partial charge in [0.2, 0.25) is 5.91 Å². The van der Waals surface area contributed by atoms with Crippen molar-refractivity contribution in [1.29, 1.82) is 0 Å². The van der Waals surface area contributed by atoms with Crippen molar-refractivity contribution in [2.75, 3.05) is 5.75 Å². The van der Waals surface area contributed by atoms with E-state index in [0.29, 0.717) is 28.0 Å². The first kappa shape index (κ1) is 17.6. The second-order valence-corrected chi connectivity index (χ2v) is 6.94. The maximum absolute atomic E-state index is 12.1. The summed E-state index contributed by atoms with van der Waals surface area (Å²) in [5.41, 5.74) is 1.37. The first-order valence-corrected chi connectivity index (χ1v) is 9.44. The molecule has 0 spiro atoms. The molecule has 0 bridgehead atoms. The molecule has 3 heterocycles. The van der Waals surface area contributed by atoms with Crippen molar-refractivity contribution >= 4 is 40.3 Å². The summed E-state index contributed by atoms with van der Waals surface area (Å²) in [6.07, 6.45) is 4.71. The molecule has 27 heavy (non-hydrogen) atoms. The van der Waals surface area contributed by atoms with E-state index in [0.717, 1.165) is 11.1 Å². The molecule has 0 fully saturated rings. The molecule has 0 radical (unpaired) electrons. The van der Waals surface area contributed by atoms with E-state index in [1.165, 1.54) is 18.1 Å². The normalized spacial score (nSPS) is 11.0. The van der Waals surface area contributed by atoms with Crippen molar-refractivity contribution in [2.45, 2.75) is 11.6 Å². The summed E-state index contributed by atoms with van der Waals surface area (Å²) < 4.78 is 6.86. The van der Waals surface area contributed by atoms with Crippen LogP contribution in [0.2, 0.25) is 5.02 Å². The molecule has 136 valence electrons. The molecule has 4 aromatic rings. The van der Waals surface area contributed by atoms with Crippen LogP contribution in [0.1, 0.15) is 5.76 Å². The number of para-hydroxylation sites is 1. The van der Waals surface area contributed by atoms with E-state index in [9.17, 15) is 4.79 Å². The first-order chi connectivity index (χ1) is 13.2. The van der Waals surface area contributed by atoms with Gasteiger partial charge in [0.15, 0.2) is 5.65 Å². The van der Waals surface area contributed by atoms with Crippen LogP contribution in [0.15, 0.2) is 64.6 Å². The van der Waals surface area contributed by atoms with Gasteiger partial charge in [-0.05, 0) is 24.3 Å². The lowest BCUT2D eigenvalue weighted by Gasteiger charge is -2.06. The highest BCUT2D eigenvalue weighted by Crippen LogP contribution is 2.27. The van der Waals surface area contributed by atoms with Gasteiger partial charge in [0.05, 0.1) is 40.9 Å². The SMILES string of the molecule is O=C(CSc1ncnc2c1cnn2-c1ccccc1Cl)NCc1ccco1. The van der Waals surface area contributed by atoms with Crippen LogP contribution in [0.25, 0.3) is 16.7 Å². The smallest absolute Gasteiger partial charge is 0.230 e. The highest BCUT2D eigenvalue weighted by atomic mass is 35.5. The highest BCUT2D eigenvalue weighted by Gasteiger charge is 2.14. The first-order valence-electron chi connectivity index (χ1n) is 8.08. The molecule has 1 N–H and O–H groups in total. The summed E-state index contributed by atoms with van der Waals surface area (Å²) in [4.78, 5) is 20.7. The van der Waals surface area contributed by atoms with Gasteiger partial charge >= 0.3 is 0 Å². The lowest BCUT2D eigenvalue weighted by atomic mass is 10.3. The van der Waals surface area contributed by atoms with Crippen molar-refractivity contribution < 1.29 is 9.21 Å². The number of hydrogen-bond donors (Lipinski definition) is 1. The number of nitrogens with zero attached hydrogens (tertiary/aromatic N) is 4. The number of carbonyl (C=O) groups excluding carboxylic acids is 1. The molecule has 0 aliphatic carbocycles. The molecule has 7 nitrogen and oxygen atoms in total. The van der Waals surface area contributed by atoms with Crippen LogP contribution < -0.4 is 5.32 Å². The predicted molar refractivity (Wildman–Crippen MR) is 103 cm³/mol. The van der Waals surface area contributed by atoms with E-state index in [1.54, 1.807) is 29.3 Å². The second-order valence-electron chi connectivity index (χ2n) is 5.57. The quantitative estimate of drug-likeness (QED) is 0.394. The van der Waals surface area contributed by atoms with Crippen molar-refractivity contribution in [2.24, 2.45) is 0 Å². The average molecular weight is 400 g/mol. The predicted octanol–water partition coefficient (Wildman–Crippen LogP) is 3.47. The number of aromatic nitrogens is 4. The van der Waals surface area contributed by atoms with Gasteiger partial charge in [-0.2, -0.15) is 5.10 Å². The molecule has 0 atom stereocenters. The Hall–Kier alpha value is -2.84. The monoisotopic (exact) mass is 399 g/mol. The zero-order chi connectivity index (χ0) is 18.6. The van der Waals surface area contributed by atoms with Gasteiger partial charge in [0.25, 0.3) is 0 Å². The molecule has 0 saturated heterocycles. The Morgan fingerprint density at radius 1 is 1.22 bits per heavy atom. The number of hydrogen-bond acceptors (Lipinski definition) is 6. The van der Waals surface area contributed by atoms with Crippen LogP contribution >= 0.6 is 23.4 Å². The summed E-state index contributed by atoms with van der Waals surface area (Å²) in [5.74, 6) is 0.824. The van der Waals surface area contributed by atoms with Gasteiger partial charge in [0, 0.05) is 0 Å². The van der Waals surface area contributed by atoms with Crippen LogP contribution in [0.4, 0.5) is 0 Å². The molecule has 0 aliphatic heterocycles. The molecule has 0 aliphatic rings. The fourth-order valence-corrected chi connectivity index (χ4v) is 3.53. The van der Waals surface area contributed by atoms with E-state index in [-0.39, 0.29) is 11.7 Å². The van der Waals surface area contributed by atoms with Gasteiger partial charge in [-0.1, -0.05) is 35.5 Å². The third kappa shape index (κ3) is 3.81. The zero-order valence-electron chi connectivity index (χ0n) is 14.0. The number of benzene rings is 1. The van der Waals surface area contributed by atoms with E-state index >= 15 is 0 Å². The van der Waals surface area contributed by atoms with Gasteiger partial charge in [-0.15, -0.1) is 0 Å². The number of thioether (sulfide) groups is 1. The molecular formula is C18H14ClN5O2S. The van der Waals surface area contributed by atoms with Crippen LogP contribution in [0.5, 0.6) is 0 Å². The molecule has 3 aromatic heterocycles. The Bertz CT molecular complexity index is 1080. The lowest BCUT2D eigenvalue weighted by molar-refractivity contribution is -0.118. The average Bonchev–Trinajstić information content (AvgIpc) is 3.35. The lowest BCUT2D eigenvalue weighted by Crippen LogP contribution is -2.24. The van der Waals surface area contributed by atoms with Crippen molar-refractivity contribution in [3.63, 3.8) is 0 Å². The molecule has 0 saturated carbocycles. The van der Waals surface area contributed by atoms with Crippen molar-refractivity contribution in [3.05, 3.63) is 66.0 Å². The molecule has 4 rings (SSSR count). The fourth-order valence-electron chi connectivity index (χ4n) is 2.52. The number of furan rings is 1. The third-order valence-corrected chi connectivity index (χ3v) is 5.11. The van der Waals surface area contributed by atoms with E-state index < -0.39 is 0 Å². The Morgan fingerprint density at radius 3 is 2.93 bits per heavy atom. The maximum Gasteiger partial charge on any atom is 0.230 e. The number of rotatable bonds is 6. The number of carbonyl (C=O) groups is 1. The minimum Gasteiger partial charge on any atom is -0.467 e. The maximum atomic E-state index is 12.1. The van der Waals surface area contributed by atoms with Gasteiger partial charge in [-0.25, -0.2) is 14.6 Å². The zero-order valence-corrected chi connectivity index (χ0v) is 15.6. The summed E-state index contributed by atoms with van der Waals surface area (Å²) >= 11 is 7.59. The highest BCUT2D eigenvalue weighted by molar-refractivity contribution is 8.00. The van der Waals surface area contributed by atoms with E-state index in [4.69, 9.17) is 16.0 Å². The summed E-state index contributed by atoms with van der Waals surface area (Å²) in [6, 6.07) is 11.0. The Kier molecular flexibility index (Phi) is 5.08. The summed E-state index contributed by atoms with van der Waals surface area (Å²) in [5, 5.41) is 9.22. The van der Waals surface area contributed by atoms with Crippen molar-refractivity contribution in [3.8, 4) is 5.69 Å². The van der Waals surface area contributed by atoms with Gasteiger partial charge in [-0.3, -0.25) is 4.79 Å². The second kappa shape index (κ2) is 7.81. The molecule has 1 aromatic carbocycles.